The van der Waals surface area contributed by atoms with Crippen LogP contribution in [0.2, 0.25) is 0 Å². The summed E-state index contributed by atoms with van der Waals surface area (Å²) in [5.41, 5.74) is 0. The van der Waals surface area contributed by atoms with Crippen molar-refractivity contribution in [3.63, 3.8) is 0 Å². The molecule has 0 saturated carbocycles. The highest BCUT2D eigenvalue weighted by Crippen LogP contribution is 2.08. The third kappa shape index (κ3) is 15.0. The highest BCUT2D eigenvalue weighted by molar-refractivity contribution is 5.20. The van der Waals surface area contributed by atoms with Gasteiger partial charge in [0.15, 0.2) is 0 Å². The van der Waals surface area contributed by atoms with E-state index in [1.54, 1.807) is 0 Å². The van der Waals surface area contributed by atoms with E-state index in [2.05, 4.69) is 21.0 Å². The molecular formula is C18H38NO+. The van der Waals surface area contributed by atoms with Crippen molar-refractivity contribution < 1.29 is 9.22 Å². The summed E-state index contributed by atoms with van der Waals surface area (Å²) in [6, 6.07) is 9.97. The maximum Gasteiger partial charge on any atom is 0.137 e. The van der Waals surface area contributed by atoms with Crippen LogP contribution in [0.3, 0.4) is 0 Å². The second kappa shape index (κ2) is 18.0. The molecule has 0 N–H and O–H groups in total. The number of hydrogen-bond donors (Lipinski definition) is 0. The van der Waals surface area contributed by atoms with Gasteiger partial charge in [0, 0.05) is 0 Å². The zero-order valence-electron chi connectivity index (χ0n) is 15.4. The van der Waals surface area contributed by atoms with E-state index in [1.807, 2.05) is 71.9 Å². The van der Waals surface area contributed by atoms with Crippen molar-refractivity contribution in [1.82, 2.24) is 0 Å². The van der Waals surface area contributed by atoms with E-state index < -0.39 is 0 Å². The number of ether oxygens (including phenoxy) is 1. The van der Waals surface area contributed by atoms with Gasteiger partial charge in [-0.25, -0.2) is 0 Å². The fourth-order valence-corrected chi connectivity index (χ4v) is 1.09. The van der Waals surface area contributed by atoms with E-state index >= 15 is 0 Å². The van der Waals surface area contributed by atoms with Gasteiger partial charge in [0.25, 0.3) is 0 Å². The van der Waals surface area contributed by atoms with Gasteiger partial charge in [-0.2, -0.15) is 0 Å². The second-order valence-electron chi connectivity index (χ2n) is 4.14. The molecule has 0 aromatic heterocycles. The molecule has 0 heterocycles. The molecule has 0 fully saturated rings. The van der Waals surface area contributed by atoms with Crippen molar-refractivity contribution in [1.29, 1.82) is 0 Å². The van der Waals surface area contributed by atoms with Gasteiger partial charge in [0.05, 0.1) is 20.6 Å². The molecule has 0 saturated heterocycles. The minimum atomic E-state index is 0.783. The lowest BCUT2D eigenvalue weighted by Gasteiger charge is -2.27. The smallest absolute Gasteiger partial charge is 0.137 e. The molecule has 0 spiro atoms. The summed E-state index contributed by atoms with van der Waals surface area (Å²) in [6.45, 7) is 17.2. The molecule has 0 aliphatic heterocycles. The molecule has 120 valence electrons. The monoisotopic (exact) mass is 284 g/mol. The summed E-state index contributed by atoms with van der Waals surface area (Å²) < 4.78 is 6.63. The fourth-order valence-electron chi connectivity index (χ4n) is 1.09. The lowest BCUT2D eigenvalue weighted by molar-refractivity contribution is -0.888. The molecule has 2 heteroatoms. The first-order valence-electron chi connectivity index (χ1n) is 8.14. The molecule has 0 atom stereocenters. The normalized spacial score (nSPS) is 8.85. The van der Waals surface area contributed by atoms with E-state index in [4.69, 9.17) is 4.74 Å². The van der Waals surface area contributed by atoms with Crippen LogP contribution in [0.15, 0.2) is 30.3 Å². The molecule has 0 bridgehead atoms. The van der Waals surface area contributed by atoms with Crippen molar-refractivity contribution in [3.05, 3.63) is 30.3 Å². The van der Waals surface area contributed by atoms with E-state index in [0.29, 0.717) is 0 Å². The Labute approximate surface area is 128 Å². The standard InChI is InChI=1S/C12H20NO.3C2H6/c1-4-13(2,3)10-11-14-12-8-6-5-7-9-12;3*1-2/h5-9H,4,10-11H2,1-3H3;3*1-2H3/q+1;;;. The highest BCUT2D eigenvalue weighted by Gasteiger charge is 2.10. The van der Waals surface area contributed by atoms with E-state index in [0.717, 1.165) is 29.9 Å². The summed E-state index contributed by atoms with van der Waals surface area (Å²) in [5.74, 6) is 0.962. The highest BCUT2D eigenvalue weighted by atomic mass is 16.5. The molecule has 0 radical (unpaired) electrons. The summed E-state index contributed by atoms with van der Waals surface area (Å²) in [7, 11) is 4.43. The van der Waals surface area contributed by atoms with Gasteiger partial charge in [-0.3, -0.25) is 0 Å². The predicted octanol–water partition coefficient (Wildman–Crippen LogP) is 5.24. The maximum atomic E-state index is 5.63. The average Bonchev–Trinajstić information content (AvgIpc) is 2.54. The van der Waals surface area contributed by atoms with E-state index in [9.17, 15) is 0 Å². The quantitative estimate of drug-likeness (QED) is 0.672. The Morgan fingerprint density at radius 2 is 1.30 bits per heavy atom. The molecule has 1 rings (SSSR count). The van der Waals surface area contributed by atoms with E-state index in [-0.39, 0.29) is 0 Å². The molecule has 0 unspecified atom stereocenters. The number of benzene rings is 1. The fraction of sp³-hybridized carbons (Fsp3) is 0.667. The van der Waals surface area contributed by atoms with Crippen LogP contribution < -0.4 is 4.74 Å². The molecule has 2 nitrogen and oxygen atoms in total. The number of para-hydroxylation sites is 1. The van der Waals surface area contributed by atoms with Crippen LogP contribution in [0.5, 0.6) is 5.75 Å². The molecule has 1 aromatic rings. The van der Waals surface area contributed by atoms with Gasteiger partial charge in [0.1, 0.15) is 18.9 Å². The third-order valence-electron chi connectivity index (χ3n) is 2.56. The Balaban J connectivity index is -0.000000425. The maximum absolute atomic E-state index is 5.63. The van der Waals surface area contributed by atoms with E-state index in [1.165, 1.54) is 0 Å². The average molecular weight is 285 g/mol. The molecule has 20 heavy (non-hydrogen) atoms. The van der Waals surface area contributed by atoms with Crippen LogP contribution in [-0.4, -0.2) is 38.3 Å². The van der Waals surface area contributed by atoms with Crippen molar-refractivity contribution in [2.24, 2.45) is 0 Å². The second-order valence-corrected chi connectivity index (χ2v) is 4.14. The molecular weight excluding hydrogens is 246 g/mol. The minimum absolute atomic E-state index is 0.783. The van der Waals surface area contributed by atoms with Gasteiger partial charge in [-0.05, 0) is 19.1 Å². The topological polar surface area (TPSA) is 9.23 Å². The predicted molar refractivity (Wildman–Crippen MR) is 93.5 cm³/mol. The summed E-state index contributed by atoms with van der Waals surface area (Å²) in [4.78, 5) is 0. The molecule has 0 amide bonds. The first-order valence-corrected chi connectivity index (χ1v) is 8.14. The van der Waals surface area contributed by atoms with Gasteiger partial charge < -0.3 is 9.22 Å². The zero-order chi connectivity index (χ0) is 16.4. The van der Waals surface area contributed by atoms with Gasteiger partial charge in [-0.1, -0.05) is 59.7 Å². The Bertz CT molecular complexity index is 257. The minimum Gasteiger partial charge on any atom is -0.488 e. The lowest BCUT2D eigenvalue weighted by Crippen LogP contribution is -2.42. The number of quaternary nitrogens is 1. The number of hydrogen-bond acceptors (Lipinski definition) is 1. The van der Waals surface area contributed by atoms with Crippen LogP contribution in [0.4, 0.5) is 0 Å². The molecule has 1 aromatic carbocycles. The van der Waals surface area contributed by atoms with Crippen LogP contribution in [-0.2, 0) is 0 Å². The van der Waals surface area contributed by atoms with Crippen LogP contribution >= 0.6 is 0 Å². The van der Waals surface area contributed by atoms with Crippen molar-refractivity contribution in [2.45, 2.75) is 48.5 Å². The van der Waals surface area contributed by atoms with Gasteiger partial charge in [0.2, 0.25) is 0 Å². The first-order chi connectivity index (χ1) is 9.64. The Morgan fingerprint density at radius 1 is 0.850 bits per heavy atom. The zero-order valence-corrected chi connectivity index (χ0v) is 15.4. The Hall–Kier alpha value is -1.02. The number of rotatable bonds is 5. The van der Waals surface area contributed by atoms with Gasteiger partial charge >= 0.3 is 0 Å². The largest absolute Gasteiger partial charge is 0.488 e. The van der Waals surface area contributed by atoms with Crippen molar-refractivity contribution in [3.8, 4) is 5.75 Å². The lowest BCUT2D eigenvalue weighted by atomic mass is 10.3. The molecule has 0 aliphatic carbocycles. The van der Waals surface area contributed by atoms with Crippen LogP contribution in [0, 0.1) is 0 Å². The Kier molecular flexibility index (Phi) is 21.6. The molecule has 0 aliphatic rings. The summed E-state index contributed by atoms with van der Waals surface area (Å²) in [6.07, 6.45) is 0. The third-order valence-corrected chi connectivity index (χ3v) is 2.56. The van der Waals surface area contributed by atoms with Crippen LogP contribution in [0.1, 0.15) is 48.5 Å². The number of likely N-dealkylation sites (N-methyl/N-ethyl adjacent to an activating group) is 1. The van der Waals surface area contributed by atoms with Crippen LogP contribution in [0.25, 0.3) is 0 Å². The van der Waals surface area contributed by atoms with Crippen molar-refractivity contribution >= 4 is 0 Å². The summed E-state index contributed by atoms with van der Waals surface area (Å²) in [5, 5.41) is 0. The first kappa shape index (κ1) is 24.0. The SMILES string of the molecule is CC.CC.CC.CC[N+](C)(C)CCOc1ccccc1. The Morgan fingerprint density at radius 3 is 1.70 bits per heavy atom. The number of nitrogens with zero attached hydrogens (tertiary/aromatic N) is 1. The summed E-state index contributed by atoms with van der Waals surface area (Å²) >= 11 is 0. The van der Waals surface area contributed by atoms with Gasteiger partial charge in [-0.15, -0.1) is 0 Å². The van der Waals surface area contributed by atoms with Crippen molar-refractivity contribution in [2.75, 3.05) is 33.8 Å².